The Balaban J connectivity index is 1.71. The van der Waals surface area contributed by atoms with Gasteiger partial charge in [-0.3, -0.25) is 4.79 Å². The Hall–Kier alpha value is -0.610. The first-order valence-electron chi connectivity index (χ1n) is 8.32. The van der Waals surface area contributed by atoms with Crippen LogP contribution in [-0.2, 0) is 4.79 Å². The summed E-state index contributed by atoms with van der Waals surface area (Å²) >= 11 is 0. The van der Waals surface area contributed by atoms with Crippen LogP contribution in [0.5, 0.6) is 0 Å². The molecular weight excluding hydrogens is 252 g/mol. The molecular formula is C16H30N2O2. The molecule has 1 unspecified atom stereocenters. The first-order chi connectivity index (χ1) is 9.70. The van der Waals surface area contributed by atoms with Gasteiger partial charge in [-0.1, -0.05) is 6.92 Å². The van der Waals surface area contributed by atoms with Crippen molar-refractivity contribution < 1.29 is 9.90 Å². The van der Waals surface area contributed by atoms with E-state index in [1.807, 2.05) is 0 Å². The van der Waals surface area contributed by atoms with E-state index in [-0.39, 0.29) is 5.92 Å². The van der Waals surface area contributed by atoms with Gasteiger partial charge in [0.15, 0.2) is 0 Å². The molecule has 2 aliphatic heterocycles. The Morgan fingerprint density at radius 3 is 2.55 bits per heavy atom. The van der Waals surface area contributed by atoms with E-state index >= 15 is 0 Å². The van der Waals surface area contributed by atoms with Crippen molar-refractivity contribution in [2.75, 3.05) is 39.3 Å². The van der Waals surface area contributed by atoms with Crippen molar-refractivity contribution in [3.63, 3.8) is 0 Å². The van der Waals surface area contributed by atoms with Gasteiger partial charge in [-0.25, -0.2) is 0 Å². The lowest BCUT2D eigenvalue weighted by atomic mass is 9.92. The number of nitrogens with zero attached hydrogens (tertiary/aromatic N) is 2. The summed E-state index contributed by atoms with van der Waals surface area (Å²) in [5, 5.41) is 8.81. The molecule has 0 radical (unpaired) electrons. The van der Waals surface area contributed by atoms with E-state index in [4.69, 9.17) is 5.11 Å². The Kier molecular flexibility index (Phi) is 6.30. The molecule has 0 aromatic rings. The molecule has 2 heterocycles. The maximum atomic E-state index is 12.5. The summed E-state index contributed by atoms with van der Waals surface area (Å²) < 4.78 is 0. The number of carbonyl (C=O) groups excluding carboxylic acids is 1. The van der Waals surface area contributed by atoms with Gasteiger partial charge in [-0.2, -0.15) is 0 Å². The molecule has 1 N–H and O–H groups in total. The van der Waals surface area contributed by atoms with Crippen LogP contribution in [0.4, 0.5) is 0 Å². The van der Waals surface area contributed by atoms with Gasteiger partial charge in [0.05, 0.1) is 0 Å². The van der Waals surface area contributed by atoms with Crippen LogP contribution in [0.1, 0.15) is 45.4 Å². The van der Waals surface area contributed by atoms with Gasteiger partial charge in [-0.15, -0.1) is 0 Å². The molecule has 2 rings (SSSR count). The van der Waals surface area contributed by atoms with Crippen molar-refractivity contribution in [2.45, 2.75) is 45.4 Å². The normalized spacial score (nSPS) is 25.9. The number of likely N-dealkylation sites (tertiary alicyclic amines) is 2. The highest BCUT2D eigenvalue weighted by Crippen LogP contribution is 2.23. The van der Waals surface area contributed by atoms with Crippen molar-refractivity contribution in [2.24, 2.45) is 11.8 Å². The second-order valence-corrected chi connectivity index (χ2v) is 6.58. The first kappa shape index (κ1) is 15.8. The topological polar surface area (TPSA) is 43.8 Å². The summed E-state index contributed by atoms with van der Waals surface area (Å²) in [5.74, 6) is 1.34. The molecule has 0 aliphatic carbocycles. The standard InChI is InChI=1S/C16H30N2O2/c1-14-5-4-9-18(13-14)16(20)15-6-10-17(11-7-15)8-2-3-12-19/h14-15,19H,2-13H2,1H3. The van der Waals surface area contributed by atoms with Crippen molar-refractivity contribution >= 4 is 5.91 Å². The SMILES string of the molecule is CC1CCCN(C(=O)C2CCN(CCCCO)CC2)C1. The molecule has 2 fully saturated rings. The van der Waals surface area contributed by atoms with Crippen LogP contribution in [0.15, 0.2) is 0 Å². The molecule has 0 saturated carbocycles. The highest BCUT2D eigenvalue weighted by atomic mass is 16.2. The lowest BCUT2D eigenvalue weighted by Gasteiger charge is -2.37. The zero-order valence-electron chi connectivity index (χ0n) is 12.9. The van der Waals surface area contributed by atoms with E-state index < -0.39 is 0 Å². The van der Waals surface area contributed by atoms with Gasteiger partial charge >= 0.3 is 0 Å². The summed E-state index contributed by atoms with van der Waals surface area (Å²) in [7, 11) is 0. The second-order valence-electron chi connectivity index (χ2n) is 6.58. The number of rotatable bonds is 5. The largest absolute Gasteiger partial charge is 0.396 e. The van der Waals surface area contributed by atoms with E-state index in [9.17, 15) is 4.79 Å². The fourth-order valence-electron chi connectivity index (χ4n) is 3.50. The van der Waals surface area contributed by atoms with Crippen molar-refractivity contribution in [1.29, 1.82) is 0 Å². The number of carbonyl (C=O) groups is 1. The van der Waals surface area contributed by atoms with Gasteiger partial charge in [0.2, 0.25) is 5.91 Å². The summed E-state index contributed by atoms with van der Waals surface area (Å²) in [4.78, 5) is 17.1. The Morgan fingerprint density at radius 1 is 1.15 bits per heavy atom. The summed E-state index contributed by atoms with van der Waals surface area (Å²) in [6.45, 7) is 7.65. The van der Waals surface area contributed by atoms with Crippen LogP contribution in [0.25, 0.3) is 0 Å². The maximum absolute atomic E-state index is 12.5. The Labute approximate surface area is 123 Å². The van der Waals surface area contributed by atoms with Gasteiger partial charge < -0.3 is 14.9 Å². The average Bonchev–Trinajstić information content (AvgIpc) is 2.47. The lowest BCUT2D eigenvalue weighted by molar-refractivity contribution is -0.138. The van der Waals surface area contributed by atoms with Crippen molar-refractivity contribution in [1.82, 2.24) is 9.80 Å². The molecule has 20 heavy (non-hydrogen) atoms. The van der Waals surface area contributed by atoms with Crippen LogP contribution < -0.4 is 0 Å². The predicted octanol–water partition coefficient (Wildman–Crippen LogP) is 1.73. The van der Waals surface area contributed by atoms with E-state index in [0.29, 0.717) is 18.4 Å². The summed E-state index contributed by atoms with van der Waals surface area (Å²) in [6, 6.07) is 0. The second kappa shape index (κ2) is 7.99. The van der Waals surface area contributed by atoms with Crippen LogP contribution in [0.3, 0.4) is 0 Å². The summed E-state index contributed by atoms with van der Waals surface area (Å²) in [5.41, 5.74) is 0. The van der Waals surface area contributed by atoms with E-state index in [2.05, 4.69) is 16.7 Å². The third-order valence-corrected chi connectivity index (χ3v) is 4.79. The van der Waals surface area contributed by atoms with E-state index in [1.165, 1.54) is 12.8 Å². The minimum absolute atomic E-state index is 0.259. The minimum atomic E-state index is 0.259. The molecule has 4 heteroatoms. The number of hydrogen-bond donors (Lipinski definition) is 1. The zero-order chi connectivity index (χ0) is 14.4. The van der Waals surface area contributed by atoms with Crippen molar-refractivity contribution in [3.05, 3.63) is 0 Å². The molecule has 2 aliphatic rings. The fourth-order valence-corrected chi connectivity index (χ4v) is 3.50. The molecule has 2 saturated heterocycles. The van der Waals surface area contributed by atoms with E-state index in [0.717, 1.165) is 58.4 Å². The number of piperidine rings is 2. The molecule has 1 atom stereocenters. The smallest absolute Gasteiger partial charge is 0.225 e. The van der Waals surface area contributed by atoms with Crippen LogP contribution in [0.2, 0.25) is 0 Å². The molecule has 116 valence electrons. The van der Waals surface area contributed by atoms with Crippen LogP contribution in [0, 0.1) is 11.8 Å². The predicted molar refractivity (Wildman–Crippen MR) is 80.5 cm³/mol. The minimum Gasteiger partial charge on any atom is -0.396 e. The number of amides is 1. The van der Waals surface area contributed by atoms with Gasteiger partial charge in [0.25, 0.3) is 0 Å². The van der Waals surface area contributed by atoms with Crippen molar-refractivity contribution in [3.8, 4) is 0 Å². The van der Waals surface area contributed by atoms with Crippen LogP contribution >= 0.6 is 0 Å². The average molecular weight is 282 g/mol. The molecule has 0 bridgehead atoms. The number of hydrogen-bond acceptors (Lipinski definition) is 3. The number of unbranched alkanes of at least 4 members (excludes halogenated alkanes) is 1. The molecule has 0 spiro atoms. The van der Waals surface area contributed by atoms with E-state index in [1.54, 1.807) is 0 Å². The molecule has 0 aromatic heterocycles. The Bertz CT molecular complexity index is 301. The summed E-state index contributed by atoms with van der Waals surface area (Å²) in [6.07, 6.45) is 6.44. The quantitative estimate of drug-likeness (QED) is 0.781. The lowest BCUT2D eigenvalue weighted by Crippen LogP contribution is -2.46. The molecule has 1 amide bonds. The maximum Gasteiger partial charge on any atom is 0.225 e. The Morgan fingerprint density at radius 2 is 1.90 bits per heavy atom. The van der Waals surface area contributed by atoms with Crippen LogP contribution in [-0.4, -0.2) is 60.1 Å². The molecule has 4 nitrogen and oxygen atoms in total. The fraction of sp³-hybridized carbons (Fsp3) is 0.938. The third kappa shape index (κ3) is 4.45. The first-order valence-corrected chi connectivity index (χ1v) is 8.32. The highest BCUT2D eigenvalue weighted by molar-refractivity contribution is 5.79. The molecule has 0 aromatic carbocycles. The zero-order valence-corrected chi connectivity index (χ0v) is 12.9. The number of aliphatic hydroxyl groups is 1. The van der Waals surface area contributed by atoms with Gasteiger partial charge in [0, 0.05) is 25.6 Å². The number of aliphatic hydroxyl groups excluding tert-OH is 1. The third-order valence-electron chi connectivity index (χ3n) is 4.79. The monoisotopic (exact) mass is 282 g/mol. The van der Waals surface area contributed by atoms with Gasteiger partial charge in [0.1, 0.15) is 0 Å². The van der Waals surface area contributed by atoms with Gasteiger partial charge in [-0.05, 0) is 64.1 Å². The highest BCUT2D eigenvalue weighted by Gasteiger charge is 2.30.